The fraction of sp³-hybridized carbons (Fsp3) is 0.875. The Balaban J connectivity index is 1.18. The Labute approximate surface area is 246 Å². The third-order valence-corrected chi connectivity index (χ3v) is 10.9. The molecule has 8 atom stereocenters. The standard InChI is InChI=1S/C32H53N5O4/c1-35(2)13-6-5-11-33-26-10-9-24-29-31(26)41-28-20-23-8-4-3-7-22(23)19-27(28)37(29)21-25(30(24)38)32(39)34-12-14-36-15-17-40-18-16-36/h21-24,26-29,31,33H,3-20H2,1-2H3,(H,34,39). The first-order chi connectivity index (χ1) is 20.0. The predicted molar refractivity (Wildman–Crippen MR) is 158 cm³/mol. The molecule has 0 aromatic rings. The molecular weight excluding hydrogens is 518 g/mol. The molecule has 0 bridgehead atoms. The highest BCUT2D eigenvalue weighted by molar-refractivity contribution is 6.20. The first kappa shape index (κ1) is 29.5. The van der Waals surface area contributed by atoms with Crippen LogP contribution in [-0.2, 0) is 19.1 Å². The number of rotatable bonds is 10. The van der Waals surface area contributed by atoms with Gasteiger partial charge >= 0.3 is 0 Å². The molecule has 0 radical (unpaired) electrons. The first-order valence-corrected chi connectivity index (χ1v) is 16.6. The summed E-state index contributed by atoms with van der Waals surface area (Å²) >= 11 is 0. The fourth-order valence-corrected chi connectivity index (χ4v) is 8.78. The Morgan fingerprint density at radius 2 is 1.80 bits per heavy atom. The number of nitrogens with zero attached hydrogens (tertiary/aromatic N) is 3. The maximum absolute atomic E-state index is 13.9. The summed E-state index contributed by atoms with van der Waals surface area (Å²) in [6.07, 6.45) is 13.8. The topological polar surface area (TPSA) is 86.4 Å². The molecule has 0 aromatic heterocycles. The quantitative estimate of drug-likeness (QED) is 0.304. The minimum absolute atomic E-state index is 0.00452. The van der Waals surface area contributed by atoms with E-state index in [1.54, 1.807) is 0 Å². The van der Waals surface area contributed by atoms with E-state index in [1.165, 1.54) is 32.1 Å². The van der Waals surface area contributed by atoms with Gasteiger partial charge in [0.05, 0.1) is 43.1 Å². The second kappa shape index (κ2) is 13.4. The molecule has 3 heterocycles. The minimum atomic E-state index is -0.200. The van der Waals surface area contributed by atoms with Gasteiger partial charge in [-0.2, -0.15) is 0 Å². The lowest BCUT2D eigenvalue weighted by atomic mass is 9.65. The van der Waals surface area contributed by atoms with E-state index in [4.69, 9.17) is 9.47 Å². The number of fused-ring (bicyclic) bond motifs is 3. The van der Waals surface area contributed by atoms with Crippen LogP contribution < -0.4 is 10.6 Å². The number of Topliss-reactive ketones (excluding diaryl/α,β-unsaturated/α-hetero) is 1. The fourth-order valence-electron chi connectivity index (χ4n) is 8.78. The molecule has 5 fully saturated rings. The molecule has 0 spiro atoms. The molecule has 230 valence electrons. The van der Waals surface area contributed by atoms with Crippen molar-refractivity contribution in [3.8, 4) is 0 Å². The second-order valence-corrected chi connectivity index (χ2v) is 13.8. The van der Waals surface area contributed by atoms with Crippen molar-refractivity contribution in [3.05, 3.63) is 11.8 Å². The average Bonchev–Trinajstić information content (AvgIpc) is 2.98. The van der Waals surface area contributed by atoms with Crippen LogP contribution in [0.2, 0.25) is 0 Å². The average molecular weight is 572 g/mol. The number of hydrogen-bond donors (Lipinski definition) is 2. The van der Waals surface area contributed by atoms with Crippen LogP contribution in [0.5, 0.6) is 0 Å². The number of carbonyl (C=O) groups is 2. The Morgan fingerprint density at radius 3 is 2.59 bits per heavy atom. The van der Waals surface area contributed by atoms with Gasteiger partial charge in [0, 0.05) is 44.3 Å². The molecule has 0 aromatic carbocycles. The van der Waals surface area contributed by atoms with Crippen molar-refractivity contribution >= 4 is 11.7 Å². The van der Waals surface area contributed by atoms with Gasteiger partial charge < -0.3 is 29.9 Å². The second-order valence-electron chi connectivity index (χ2n) is 13.8. The van der Waals surface area contributed by atoms with Crippen molar-refractivity contribution in [2.45, 2.75) is 94.5 Å². The van der Waals surface area contributed by atoms with Crippen LogP contribution in [0.25, 0.3) is 0 Å². The van der Waals surface area contributed by atoms with Crippen LogP contribution in [0.15, 0.2) is 11.8 Å². The van der Waals surface area contributed by atoms with Gasteiger partial charge in [0.25, 0.3) is 5.91 Å². The smallest absolute Gasteiger partial charge is 0.256 e. The van der Waals surface area contributed by atoms with Gasteiger partial charge in [0.15, 0.2) is 5.78 Å². The lowest BCUT2D eigenvalue weighted by Gasteiger charge is -2.60. The van der Waals surface area contributed by atoms with Gasteiger partial charge in [-0.05, 0) is 77.5 Å². The van der Waals surface area contributed by atoms with E-state index < -0.39 is 0 Å². The minimum Gasteiger partial charge on any atom is -0.379 e. The van der Waals surface area contributed by atoms with E-state index in [9.17, 15) is 9.59 Å². The van der Waals surface area contributed by atoms with E-state index >= 15 is 0 Å². The van der Waals surface area contributed by atoms with Crippen LogP contribution in [0.3, 0.4) is 0 Å². The molecule has 2 saturated heterocycles. The summed E-state index contributed by atoms with van der Waals surface area (Å²) in [6.45, 7) is 6.71. The maximum atomic E-state index is 13.9. The van der Waals surface area contributed by atoms with Crippen molar-refractivity contribution in [2.24, 2.45) is 17.8 Å². The summed E-state index contributed by atoms with van der Waals surface area (Å²) < 4.78 is 12.5. The molecule has 6 aliphatic rings. The molecule has 6 rings (SSSR count). The van der Waals surface area contributed by atoms with Gasteiger partial charge in [-0.1, -0.05) is 25.7 Å². The lowest BCUT2D eigenvalue weighted by Crippen LogP contribution is -2.71. The van der Waals surface area contributed by atoms with Crippen molar-refractivity contribution in [1.82, 2.24) is 25.3 Å². The number of ketones is 1. The van der Waals surface area contributed by atoms with Gasteiger partial charge in [0.2, 0.25) is 0 Å². The summed E-state index contributed by atoms with van der Waals surface area (Å²) in [5.74, 6) is 1.17. The first-order valence-electron chi connectivity index (χ1n) is 16.6. The normalized spacial score (nSPS) is 37.2. The van der Waals surface area contributed by atoms with E-state index in [0.29, 0.717) is 12.1 Å². The Hall–Kier alpha value is -1.52. The summed E-state index contributed by atoms with van der Waals surface area (Å²) in [6, 6.07) is 0.552. The zero-order valence-electron chi connectivity index (χ0n) is 25.4. The Morgan fingerprint density at radius 1 is 1.02 bits per heavy atom. The number of hydrogen-bond acceptors (Lipinski definition) is 8. The third kappa shape index (κ3) is 6.54. The number of carbonyl (C=O) groups excluding carboxylic acids is 2. The molecular formula is C32H53N5O4. The molecule has 9 heteroatoms. The SMILES string of the molecule is CN(C)CCCCNC1CCC2C(=O)C(C(=O)NCCN3CCOCC3)=CN3C4CC5CCCCC5CC4OC1C23. The Kier molecular flexibility index (Phi) is 9.67. The van der Waals surface area contributed by atoms with Crippen molar-refractivity contribution < 1.29 is 19.1 Å². The number of nitrogens with one attached hydrogen (secondary N) is 2. The van der Waals surface area contributed by atoms with Crippen LogP contribution in [-0.4, -0.2) is 123 Å². The van der Waals surface area contributed by atoms with E-state index in [2.05, 4.69) is 39.4 Å². The molecule has 3 aliphatic carbocycles. The Bertz CT molecular complexity index is 952. The van der Waals surface area contributed by atoms with Gasteiger partial charge in [-0.25, -0.2) is 0 Å². The summed E-state index contributed by atoms with van der Waals surface area (Å²) in [5.41, 5.74) is 0.369. The largest absolute Gasteiger partial charge is 0.379 e. The molecule has 1 amide bonds. The van der Waals surface area contributed by atoms with Crippen LogP contribution in [0, 0.1) is 17.8 Å². The van der Waals surface area contributed by atoms with Crippen LogP contribution in [0.1, 0.15) is 64.2 Å². The monoisotopic (exact) mass is 571 g/mol. The van der Waals surface area contributed by atoms with Gasteiger partial charge in [0.1, 0.15) is 0 Å². The number of unbranched alkanes of at least 4 members (excludes halogenated alkanes) is 1. The van der Waals surface area contributed by atoms with Crippen molar-refractivity contribution in [2.75, 3.05) is 66.6 Å². The van der Waals surface area contributed by atoms with E-state index in [1.807, 2.05) is 6.20 Å². The number of ether oxygens (including phenoxy) is 2. The van der Waals surface area contributed by atoms with Gasteiger partial charge in [-0.15, -0.1) is 0 Å². The molecule has 3 saturated carbocycles. The predicted octanol–water partition coefficient (Wildman–Crippen LogP) is 2.02. The third-order valence-electron chi connectivity index (χ3n) is 10.9. The van der Waals surface area contributed by atoms with E-state index in [0.717, 1.165) is 89.9 Å². The summed E-state index contributed by atoms with van der Waals surface area (Å²) in [5, 5.41) is 6.94. The molecule has 3 aliphatic heterocycles. The highest BCUT2D eigenvalue weighted by atomic mass is 16.5. The zero-order valence-corrected chi connectivity index (χ0v) is 25.4. The van der Waals surface area contributed by atoms with Crippen LogP contribution in [0.4, 0.5) is 0 Å². The summed E-state index contributed by atoms with van der Waals surface area (Å²) in [4.78, 5) is 34.4. The van der Waals surface area contributed by atoms with Gasteiger partial charge in [-0.3, -0.25) is 14.5 Å². The highest BCUT2D eigenvalue weighted by Crippen LogP contribution is 2.49. The summed E-state index contributed by atoms with van der Waals surface area (Å²) in [7, 11) is 4.26. The maximum Gasteiger partial charge on any atom is 0.256 e. The van der Waals surface area contributed by atoms with E-state index in [-0.39, 0.29) is 47.9 Å². The molecule has 2 N–H and O–H groups in total. The number of amides is 1. The lowest BCUT2D eigenvalue weighted by molar-refractivity contribution is -0.200. The zero-order chi connectivity index (χ0) is 28.3. The number of morpholine rings is 2. The molecule has 41 heavy (non-hydrogen) atoms. The van der Waals surface area contributed by atoms with Crippen molar-refractivity contribution in [1.29, 1.82) is 0 Å². The van der Waals surface area contributed by atoms with Crippen LogP contribution >= 0.6 is 0 Å². The highest BCUT2D eigenvalue weighted by Gasteiger charge is 2.57. The molecule has 8 unspecified atom stereocenters. The molecule has 9 nitrogen and oxygen atoms in total. The van der Waals surface area contributed by atoms with Crippen molar-refractivity contribution in [3.63, 3.8) is 0 Å².